The average molecular weight is 228 g/mol. The SMILES string of the molecule is CC(C)NCCCCCN1CCOC(C)C1. The van der Waals surface area contributed by atoms with Gasteiger partial charge in [0, 0.05) is 19.1 Å². The molecule has 3 heteroatoms. The lowest BCUT2D eigenvalue weighted by Crippen LogP contribution is -2.41. The van der Waals surface area contributed by atoms with E-state index in [0.29, 0.717) is 12.1 Å². The summed E-state index contributed by atoms with van der Waals surface area (Å²) in [5, 5.41) is 3.46. The number of nitrogens with one attached hydrogen (secondary N) is 1. The van der Waals surface area contributed by atoms with E-state index >= 15 is 0 Å². The van der Waals surface area contributed by atoms with Crippen molar-refractivity contribution in [2.75, 3.05) is 32.8 Å². The topological polar surface area (TPSA) is 24.5 Å². The van der Waals surface area contributed by atoms with Gasteiger partial charge in [0.15, 0.2) is 0 Å². The number of hydrogen-bond acceptors (Lipinski definition) is 3. The molecule has 1 rings (SSSR count). The minimum absolute atomic E-state index is 0.427. The minimum atomic E-state index is 0.427. The summed E-state index contributed by atoms with van der Waals surface area (Å²) in [6, 6.07) is 0.625. The maximum absolute atomic E-state index is 5.53. The van der Waals surface area contributed by atoms with Gasteiger partial charge in [-0.1, -0.05) is 20.3 Å². The van der Waals surface area contributed by atoms with Gasteiger partial charge in [0.2, 0.25) is 0 Å². The lowest BCUT2D eigenvalue weighted by atomic mass is 10.2. The predicted molar refractivity (Wildman–Crippen MR) is 68.8 cm³/mol. The van der Waals surface area contributed by atoms with Crippen molar-refractivity contribution < 1.29 is 4.74 Å². The van der Waals surface area contributed by atoms with Crippen LogP contribution in [0, 0.1) is 0 Å². The van der Waals surface area contributed by atoms with Crippen LogP contribution in [0.3, 0.4) is 0 Å². The second-order valence-electron chi connectivity index (χ2n) is 5.15. The van der Waals surface area contributed by atoms with Crippen LogP contribution in [0.25, 0.3) is 0 Å². The Morgan fingerprint density at radius 2 is 2.12 bits per heavy atom. The van der Waals surface area contributed by atoms with E-state index in [2.05, 4.69) is 31.0 Å². The molecule has 0 aromatic carbocycles. The zero-order valence-corrected chi connectivity index (χ0v) is 11.2. The fraction of sp³-hybridized carbons (Fsp3) is 1.00. The Balaban J connectivity index is 1.90. The first-order chi connectivity index (χ1) is 7.68. The molecule has 1 aliphatic heterocycles. The van der Waals surface area contributed by atoms with Gasteiger partial charge in [0.1, 0.15) is 0 Å². The Bertz CT molecular complexity index is 173. The van der Waals surface area contributed by atoms with Gasteiger partial charge in [0.25, 0.3) is 0 Å². The molecule has 96 valence electrons. The van der Waals surface area contributed by atoms with E-state index in [-0.39, 0.29) is 0 Å². The van der Waals surface area contributed by atoms with Crippen LogP contribution < -0.4 is 5.32 Å². The lowest BCUT2D eigenvalue weighted by molar-refractivity contribution is -0.0186. The predicted octanol–water partition coefficient (Wildman–Crippen LogP) is 1.88. The van der Waals surface area contributed by atoms with Gasteiger partial charge in [-0.25, -0.2) is 0 Å². The quantitative estimate of drug-likeness (QED) is 0.673. The molecule has 1 heterocycles. The highest BCUT2D eigenvalue weighted by atomic mass is 16.5. The van der Waals surface area contributed by atoms with E-state index < -0.39 is 0 Å². The number of hydrogen-bond donors (Lipinski definition) is 1. The summed E-state index contributed by atoms with van der Waals surface area (Å²) < 4.78 is 5.53. The van der Waals surface area contributed by atoms with Crippen LogP contribution >= 0.6 is 0 Å². The Kier molecular flexibility index (Phi) is 7.01. The third kappa shape index (κ3) is 6.46. The molecule has 1 saturated heterocycles. The molecular weight excluding hydrogens is 200 g/mol. The summed E-state index contributed by atoms with van der Waals surface area (Å²) in [7, 11) is 0. The fourth-order valence-corrected chi connectivity index (χ4v) is 2.12. The second-order valence-corrected chi connectivity index (χ2v) is 5.15. The highest BCUT2D eigenvalue weighted by molar-refractivity contribution is 4.67. The zero-order valence-electron chi connectivity index (χ0n) is 11.2. The third-order valence-electron chi connectivity index (χ3n) is 3.03. The van der Waals surface area contributed by atoms with E-state index in [0.717, 1.165) is 26.2 Å². The molecular formula is C13H28N2O. The van der Waals surface area contributed by atoms with Crippen LogP contribution in [-0.4, -0.2) is 49.8 Å². The van der Waals surface area contributed by atoms with Crippen LogP contribution in [-0.2, 0) is 4.74 Å². The molecule has 0 amide bonds. The van der Waals surface area contributed by atoms with Crippen LogP contribution in [0.15, 0.2) is 0 Å². The minimum Gasteiger partial charge on any atom is -0.376 e. The summed E-state index contributed by atoms with van der Waals surface area (Å²) in [5.41, 5.74) is 0. The number of unbranched alkanes of at least 4 members (excludes halogenated alkanes) is 2. The smallest absolute Gasteiger partial charge is 0.0674 e. The van der Waals surface area contributed by atoms with Gasteiger partial charge in [-0.2, -0.15) is 0 Å². The molecule has 1 fully saturated rings. The molecule has 1 atom stereocenters. The Hall–Kier alpha value is -0.120. The third-order valence-corrected chi connectivity index (χ3v) is 3.03. The normalized spacial score (nSPS) is 22.9. The molecule has 0 aromatic heterocycles. The maximum Gasteiger partial charge on any atom is 0.0674 e. The van der Waals surface area contributed by atoms with Crippen molar-refractivity contribution in [1.82, 2.24) is 10.2 Å². The fourth-order valence-electron chi connectivity index (χ4n) is 2.12. The molecule has 1 aliphatic rings. The van der Waals surface area contributed by atoms with Gasteiger partial charge in [-0.15, -0.1) is 0 Å². The van der Waals surface area contributed by atoms with Gasteiger partial charge in [-0.3, -0.25) is 4.90 Å². The van der Waals surface area contributed by atoms with Crippen LogP contribution in [0.5, 0.6) is 0 Å². The molecule has 0 bridgehead atoms. The van der Waals surface area contributed by atoms with Crippen molar-refractivity contribution in [2.45, 2.75) is 52.2 Å². The summed E-state index contributed by atoms with van der Waals surface area (Å²) in [6.07, 6.45) is 4.40. The van der Waals surface area contributed by atoms with E-state index in [1.54, 1.807) is 0 Å². The van der Waals surface area contributed by atoms with E-state index in [4.69, 9.17) is 4.74 Å². The van der Waals surface area contributed by atoms with E-state index in [9.17, 15) is 0 Å². The molecule has 1 N–H and O–H groups in total. The monoisotopic (exact) mass is 228 g/mol. The van der Waals surface area contributed by atoms with Crippen molar-refractivity contribution in [3.63, 3.8) is 0 Å². The van der Waals surface area contributed by atoms with E-state index in [1.165, 1.54) is 25.8 Å². The molecule has 0 radical (unpaired) electrons. The molecule has 16 heavy (non-hydrogen) atoms. The molecule has 0 aromatic rings. The van der Waals surface area contributed by atoms with Crippen molar-refractivity contribution in [1.29, 1.82) is 0 Å². The Labute approximate surface area is 101 Å². The zero-order chi connectivity index (χ0) is 11.8. The average Bonchev–Trinajstić information content (AvgIpc) is 2.23. The van der Waals surface area contributed by atoms with Crippen molar-refractivity contribution in [3.05, 3.63) is 0 Å². The molecule has 3 nitrogen and oxygen atoms in total. The van der Waals surface area contributed by atoms with Gasteiger partial charge >= 0.3 is 0 Å². The van der Waals surface area contributed by atoms with Crippen molar-refractivity contribution >= 4 is 0 Å². The highest BCUT2D eigenvalue weighted by Crippen LogP contribution is 2.06. The van der Waals surface area contributed by atoms with Crippen molar-refractivity contribution in [2.24, 2.45) is 0 Å². The molecule has 0 saturated carbocycles. The summed E-state index contributed by atoms with van der Waals surface area (Å²) in [4.78, 5) is 2.53. The van der Waals surface area contributed by atoms with Gasteiger partial charge in [-0.05, 0) is 32.9 Å². The summed E-state index contributed by atoms with van der Waals surface area (Å²) in [6.45, 7) is 12.1. The van der Waals surface area contributed by atoms with Crippen LogP contribution in [0.4, 0.5) is 0 Å². The Morgan fingerprint density at radius 1 is 1.31 bits per heavy atom. The summed E-state index contributed by atoms with van der Waals surface area (Å²) >= 11 is 0. The van der Waals surface area contributed by atoms with Gasteiger partial charge < -0.3 is 10.1 Å². The number of nitrogens with zero attached hydrogens (tertiary/aromatic N) is 1. The van der Waals surface area contributed by atoms with E-state index in [1.807, 2.05) is 0 Å². The number of morpholine rings is 1. The Morgan fingerprint density at radius 3 is 2.81 bits per heavy atom. The molecule has 0 aliphatic carbocycles. The van der Waals surface area contributed by atoms with Gasteiger partial charge in [0.05, 0.1) is 12.7 Å². The van der Waals surface area contributed by atoms with Crippen molar-refractivity contribution in [3.8, 4) is 0 Å². The highest BCUT2D eigenvalue weighted by Gasteiger charge is 2.15. The maximum atomic E-state index is 5.53. The summed E-state index contributed by atoms with van der Waals surface area (Å²) in [5.74, 6) is 0. The lowest BCUT2D eigenvalue weighted by Gasteiger charge is -2.31. The standard InChI is InChI=1S/C13H28N2O/c1-12(2)14-7-5-4-6-8-15-9-10-16-13(3)11-15/h12-14H,4-11H2,1-3H3. The first kappa shape index (κ1) is 13.9. The second kappa shape index (κ2) is 8.04. The number of rotatable bonds is 7. The largest absolute Gasteiger partial charge is 0.376 e. The van der Waals surface area contributed by atoms with Crippen LogP contribution in [0.2, 0.25) is 0 Å². The molecule has 0 spiro atoms. The first-order valence-corrected chi connectivity index (χ1v) is 6.76. The molecule has 1 unspecified atom stereocenters. The van der Waals surface area contributed by atoms with Crippen LogP contribution in [0.1, 0.15) is 40.0 Å². The first-order valence-electron chi connectivity index (χ1n) is 6.76. The number of ether oxygens (including phenoxy) is 1.